The minimum atomic E-state index is 0.187. The molecule has 1 heterocycles. The summed E-state index contributed by atoms with van der Waals surface area (Å²) in [6.45, 7) is 5.78. The predicted molar refractivity (Wildman–Crippen MR) is 61.6 cm³/mol. The highest BCUT2D eigenvalue weighted by molar-refractivity contribution is 9.11. The smallest absolute Gasteiger partial charge is 0.0731 e. The normalized spacial score (nSPS) is 12.8. The van der Waals surface area contributed by atoms with Gasteiger partial charge in [0.05, 0.1) is 9.83 Å². The number of nitrogens with one attached hydrogen (secondary N) is 1. The Balaban J connectivity index is 2.84. The third-order valence-corrected chi connectivity index (χ3v) is 4.07. The molecule has 1 aromatic rings. The summed E-state index contributed by atoms with van der Waals surface area (Å²) in [5, 5.41) is 0. The van der Waals surface area contributed by atoms with Crippen molar-refractivity contribution in [2.75, 3.05) is 0 Å². The Morgan fingerprint density at radius 2 is 2.54 bits per heavy atom. The number of halogens is 1. The summed E-state index contributed by atoms with van der Waals surface area (Å²) in [6, 6.07) is 2.33. The van der Waals surface area contributed by atoms with E-state index in [1.807, 2.05) is 6.08 Å². The van der Waals surface area contributed by atoms with Crippen LogP contribution in [0.15, 0.2) is 22.5 Å². The molecule has 0 aliphatic heterocycles. The van der Waals surface area contributed by atoms with E-state index in [1.54, 1.807) is 11.3 Å². The fourth-order valence-corrected chi connectivity index (χ4v) is 2.73. The van der Waals surface area contributed by atoms with E-state index in [4.69, 9.17) is 5.84 Å². The van der Waals surface area contributed by atoms with Gasteiger partial charge in [0.25, 0.3) is 0 Å². The Morgan fingerprint density at radius 3 is 2.92 bits per heavy atom. The van der Waals surface area contributed by atoms with Crippen LogP contribution in [0.5, 0.6) is 0 Å². The Kier molecular flexibility index (Phi) is 4.12. The van der Waals surface area contributed by atoms with Crippen LogP contribution in [0.2, 0.25) is 0 Å². The molecule has 0 aromatic carbocycles. The molecule has 72 valence electrons. The highest BCUT2D eigenvalue weighted by atomic mass is 79.9. The van der Waals surface area contributed by atoms with Gasteiger partial charge in [0.2, 0.25) is 0 Å². The van der Waals surface area contributed by atoms with E-state index in [0.717, 1.165) is 6.42 Å². The molecule has 0 aliphatic carbocycles. The lowest BCUT2D eigenvalue weighted by molar-refractivity contribution is 0.570. The van der Waals surface area contributed by atoms with E-state index in [1.165, 1.54) is 14.2 Å². The van der Waals surface area contributed by atoms with Crippen molar-refractivity contribution in [2.45, 2.75) is 19.4 Å². The van der Waals surface area contributed by atoms with Crippen LogP contribution in [0.3, 0.4) is 0 Å². The predicted octanol–water partition coefficient (Wildman–Crippen LogP) is 2.90. The SMILES string of the molecule is C=CCC(NN)c1cc(C)c(Br)s1. The number of nitrogens with two attached hydrogens (primary N) is 1. The summed E-state index contributed by atoms with van der Waals surface area (Å²) in [5.41, 5.74) is 4.03. The van der Waals surface area contributed by atoms with Gasteiger partial charge in [-0.25, -0.2) is 0 Å². The fraction of sp³-hybridized carbons (Fsp3) is 0.333. The van der Waals surface area contributed by atoms with Crippen molar-refractivity contribution in [1.82, 2.24) is 5.43 Å². The van der Waals surface area contributed by atoms with Crippen LogP contribution >= 0.6 is 27.3 Å². The van der Waals surface area contributed by atoms with Gasteiger partial charge in [-0.3, -0.25) is 11.3 Å². The first-order chi connectivity index (χ1) is 6.19. The summed E-state index contributed by atoms with van der Waals surface area (Å²) < 4.78 is 1.17. The molecule has 0 amide bonds. The third kappa shape index (κ3) is 2.64. The summed E-state index contributed by atoms with van der Waals surface area (Å²) in [7, 11) is 0. The number of rotatable bonds is 4. The average Bonchev–Trinajstić information content (AvgIpc) is 2.43. The van der Waals surface area contributed by atoms with Crippen molar-refractivity contribution in [1.29, 1.82) is 0 Å². The zero-order valence-electron chi connectivity index (χ0n) is 7.51. The monoisotopic (exact) mass is 260 g/mol. The molecule has 0 saturated carbocycles. The molecule has 2 nitrogen and oxygen atoms in total. The van der Waals surface area contributed by atoms with Gasteiger partial charge in [-0.1, -0.05) is 6.08 Å². The van der Waals surface area contributed by atoms with Gasteiger partial charge in [0, 0.05) is 4.88 Å². The van der Waals surface area contributed by atoms with Crippen LogP contribution in [0.4, 0.5) is 0 Å². The minimum absolute atomic E-state index is 0.187. The van der Waals surface area contributed by atoms with Crippen LogP contribution in [-0.4, -0.2) is 0 Å². The van der Waals surface area contributed by atoms with Gasteiger partial charge < -0.3 is 0 Å². The topological polar surface area (TPSA) is 38.0 Å². The molecule has 1 rings (SSSR count). The number of hydrogen-bond donors (Lipinski definition) is 2. The lowest BCUT2D eigenvalue weighted by atomic mass is 10.1. The van der Waals surface area contributed by atoms with Gasteiger partial charge in [-0.05, 0) is 40.9 Å². The fourth-order valence-electron chi connectivity index (χ4n) is 1.09. The van der Waals surface area contributed by atoms with Gasteiger partial charge >= 0.3 is 0 Å². The zero-order valence-corrected chi connectivity index (χ0v) is 9.91. The maximum absolute atomic E-state index is 5.44. The van der Waals surface area contributed by atoms with Crippen molar-refractivity contribution < 1.29 is 0 Å². The van der Waals surface area contributed by atoms with E-state index in [9.17, 15) is 0 Å². The molecule has 0 saturated heterocycles. The summed E-state index contributed by atoms with van der Waals surface area (Å²) in [5.74, 6) is 5.44. The molecule has 0 aliphatic rings. The Hall–Kier alpha value is -0.160. The Bertz CT molecular complexity index is 276. The van der Waals surface area contributed by atoms with Gasteiger partial charge in [0.1, 0.15) is 0 Å². The molecule has 0 fully saturated rings. The second-order valence-electron chi connectivity index (χ2n) is 2.85. The van der Waals surface area contributed by atoms with Crippen LogP contribution in [0.1, 0.15) is 22.9 Å². The summed E-state index contributed by atoms with van der Waals surface area (Å²) in [4.78, 5) is 1.24. The summed E-state index contributed by atoms with van der Waals surface area (Å²) in [6.07, 6.45) is 2.72. The Morgan fingerprint density at radius 1 is 1.85 bits per heavy atom. The first-order valence-electron chi connectivity index (χ1n) is 4.02. The quantitative estimate of drug-likeness (QED) is 0.497. The molecule has 1 atom stereocenters. The number of hydrazine groups is 1. The van der Waals surface area contributed by atoms with Crippen LogP contribution in [0, 0.1) is 6.92 Å². The van der Waals surface area contributed by atoms with E-state index >= 15 is 0 Å². The minimum Gasteiger partial charge on any atom is -0.271 e. The maximum Gasteiger partial charge on any atom is 0.0731 e. The lowest BCUT2D eigenvalue weighted by Gasteiger charge is -2.10. The number of aryl methyl sites for hydroxylation is 1. The molecule has 0 bridgehead atoms. The third-order valence-electron chi connectivity index (χ3n) is 1.82. The molecular weight excluding hydrogens is 248 g/mol. The van der Waals surface area contributed by atoms with E-state index in [2.05, 4.69) is 40.9 Å². The van der Waals surface area contributed by atoms with Crippen molar-refractivity contribution in [2.24, 2.45) is 5.84 Å². The second-order valence-corrected chi connectivity index (χ2v) is 5.25. The van der Waals surface area contributed by atoms with Crippen molar-refractivity contribution in [3.05, 3.63) is 32.9 Å². The summed E-state index contributed by atoms with van der Waals surface area (Å²) >= 11 is 5.20. The van der Waals surface area contributed by atoms with Crippen LogP contribution in [-0.2, 0) is 0 Å². The van der Waals surface area contributed by atoms with Crippen molar-refractivity contribution >= 4 is 27.3 Å². The number of hydrogen-bond acceptors (Lipinski definition) is 3. The molecule has 3 N–H and O–H groups in total. The van der Waals surface area contributed by atoms with Gasteiger partial charge in [0.15, 0.2) is 0 Å². The lowest BCUT2D eigenvalue weighted by Crippen LogP contribution is -2.26. The highest BCUT2D eigenvalue weighted by Crippen LogP contribution is 2.32. The molecule has 4 heteroatoms. The van der Waals surface area contributed by atoms with Crippen LogP contribution in [0.25, 0.3) is 0 Å². The number of thiophene rings is 1. The largest absolute Gasteiger partial charge is 0.271 e. The molecule has 0 radical (unpaired) electrons. The molecule has 1 unspecified atom stereocenters. The van der Waals surface area contributed by atoms with Gasteiger partial charge in [-0.15, -0.1) is 17.9 Å². The van der Waals surface area contributed by atoms with Crippen LogP contribution < -0.4 is 11.3 Å². The first kappa shape index (κ1) is 10.9. The molecule has 0 spiro atoms. The van der Waals surface area contributed by atoms with Crippen molar-refractivity contribution in [3.8, 4) is 0 Å². The van der Waals surface area contributed by atoms with E-state index in [0.29, 0.717) is 0 Å². The molecule has 13 heavy (non-hydrogen) atoms. The van der Waals surface area contributed by atoms with E-state index in [-0.39, 0.29) is 6.04 Å². The standard InChI is InChI=1S/C9H13BrN2S/c1-3-4-7(12-11)8-5-6(2)9(10)13-8/h3,5,7,12H,1,4,11H2,2H3. The second kappa shape index (κ2) is 4.91. The average molecular weight is 261 g/mol. The molecule has 1 aromatic heterocycles. The first-order valence-corrected chi connectivity index (χ1v) is 5.62. The van der Waals surface area contributed by atoms with Crippen molar-refractivity contribution in [3.63, 3.8) is 0 Å². The molecular formula is C9H13BrN2S. The Labute approximate surface area is 90.9 Å². The van der Waals surface area contributed by atoms with Gasteiger partial charge in [-0.2, -0.15) is 0 Å². The maximum atomic E-state index is 5.44. The zero-order chi connectivity index (χ0) is 9.84. The van der Waals surface area contributed by atoms with E-state index < -0.39 is 0 Å². The highest BCUT2D eigenvalue weighted by Gasteiger charge is 2.11.